The summed E-state index contributed by atoms with van der Waals surface area (Å²) in [6.45, 7) is 5.50. The lowest BCUT2D eigenvalue weighted by atomic mass is 9.98. The molecule has 0 amide bonds. The van der Waals surface area contributed by atoms with Gasteiger partial charge in [0.2, 0.25) is 0 Å². The Balaban J connectivity index is 1.76. The lowest BCUT2D eigenvalue weighted by Crippen LogP contribution is -1.97. The average molecular weight is 374 g/mol. The Kier molecular flexibility index (Phi) is 6.78. The van der Waals surface area contributed by atoms with Crippen molar-refractivity contribution in [1.82, 2.24) is 0 Å². The maximum atomic E-state index is 14.2. The molecule has 144 valence electrons. The van der Waals surface area contributed by atoms with E-state index in [0.29, 0.717) is 12.0 Å². The normalized spacial score (nSPS) is 12.5. The van der Waals surface area contributed by atoms with E-state index in [1.165, 1.54) is 5.39 Å². The third-order valence-corrected chi connectivity index (χ3v) is 4.92. The van der Waals surface area contributed by atoms with Crippen LogP contribution in [0.3, 0.4) is 0 Å². The highest BCUT2D eigenvalue weighted by atomic mass is 19.1. The zero-order valence-corrected chi connectivity index (χ0v) is 16.4. The summed E-state index contributed by atoms with van der Waals surface area (Å²) in [6, 6.07) is 18.0. The van der Waals surface area contributed by atoms with Gasteiger partial charge >= 0.3 is 0 Å². The van der Waals surface area contributed by atoms with E-state index in [9.17, 15) is 9.50 Å². The van der Waals surface area contributed by atoms with Crippen LogP contribution in [-0.2, 0) is 6.42 Å². The van der Waals surface area contributed by atoms with Crippen LogP contribution in [0.2, 0.25) is 0 Å². The Labute approximate surface area is 166 Å². The van der Waals surface area contributed by atoms with Gasteiger partial charge in [-0.05, 0) is 83.8 Å². The van der Waals surface area contributed by atoms with Crippen molar-refractivity contribution >= 4 is 16.8 Å². The Morgan fingerprint density at radius 2 is 1.71 bits per heavy atom. The third-order valence-electron chi connectivity index (χ3n) is 4.92. The van der Waals surface area contributed by atoms with Gasteiger partial charge in [0, 0.05) is 0 Å². The van der Waals surface area contributed by atoms with Crippen molar-refractivity contribution in [2.75, 3.05) is 0 Å². The molecule has 0 saturated carbocycles. The molecule has 0 radical (unpaired) electrons. The molecule has 1 atom stereocenters. The van der Waals surface area contributed by atoms with Gasteiger partial charge in [-0.2, -0.15) is 0 Å². The van der Waals surface area contributed by atoms with Crippen molar-refractivity contribution in [3.8, 4) is 11.1 Å². The van der Waals surface area contributed by atoms with Crippen molar-refractivity contribution in [2.45, 2.75) is 38.7 Å². The number of hydrogen-bond acceptors (Lipinski definition) is 1. The standard InChI is InChI=1S/C26H27FO/c1-3-7-21-12-13-25(18-26(21)27)24-15-14-22-16-20(10-11-23(22)17-24)9-6-4-5-8-19(2)28/h3,6,9-19,28H,1,4-5,7-8H2,2H3/b9-6+. The van der Waals surface area contributed by atoms with E-state index in [1.807, 2.05) is 25.1 Å². The highest BCUT2D eigenvalue weighted by Gasteiger charge is 2.05. The summed E-state index contributed by atoms with van der Waals surface area (Å²) < 4.78 is 14.2. The minimum absolute atomic E-state index is 0.187. The number of halogens is 1. The van der Waals surface area contributed by atoms with Gasteiger partial charge < -0.3 is 5.11 Å². The summed E-state index contributed by atoms with van der Waals surface area (Å²) in [6.07, 6.45) is 9.11. The molecule has 3 aromatic rings. The first-order valence-electron chi connectivity index (χ1n) is 9.85. The molecule has 2 heteroatoms. The van der Waals surface area contributed by atoms with Crippen molar-refractivity contribution in [1.29, 1.82) is 0 Å². The SMILES string of the molecule is C=CCc1ccc(-c2ccc3cc(/C=C/CCCC(C)O)ccc3c2)cc1F. The zero-order valence-electron chi connectivity index (χ0n) is 16.4. The van der Waals surface area contributed by atoms with Gasteiger partial charge in [0.25, 0.3) is 0 Å². The first-order chi connectivity index (χ1) is 13.6. The molecule has 28 heavy (non-hydrogen) atoms. The lowest BCUT2D eigenvalue weighted by Gasteiger charge is -2.07. The number of aliphatic hydroxyl groups excluding tert-OH is 1. The van der Waals surface area contributed by atoms with Crippen LogP contribution in [0.15, 0.2) is 73.3 Å². The van der Waals surface area contributed by atoms with Crippen molar-refractivity contribution in [3.63, 3.8) is 0 Å². The van der Waals surface area contributed by atoms with Crippen molar-refractivity contribution in [3.05, 3.63) is 90.3 Å². The molecule has 0 saturated heterocycles. The fourth-order valence-electron chi connectivity index (χ4n) is 3.35. The van der Waals surface area contributed by atoms with Gasteiger partial charge in [-0.15, -0.1) is 6.58 Å². The molecule has 0 aliphatic heterocycles. The van der Waals surface area contributed by atoms with Crippen molar-refractivity contribution in [2.24, 2.45) is 0 Å². The van der Waals surface area contributed by atoms with Crippen LogP contribution in [0.25, 0.3) is 28.0 Å². The molecule has 0 spiro atoms. The number of benzene rings is 3. The van der Waals surface area contributed by atoms with E-state index in [-0.39, 0.29) is 11.9 Å². The number of fused-ring (bicyclic) bond motifs is 1. The molecule has 1 nitrogen and oxygen atoms in total. The Morgan fingerprint density at radius 1 is 1.00 bits per heavy atom. The van der Waals surface area contributed by atoms with Gasteiger partial charge in [0.15, 0.2) is 0 Å². The number of rotatable bonds is 8. The highest BCUT2D eigenvalue weighted by Crippen LogP contribution is 2.27. The van der Waals surface area contributed by atoms with E-state index >= 15 is 0 Å². The van der Waals surface area contributed by atoms with Gasteiger partial charge in [-0.1, -0.05) is 54.6 Å². The van der Waals surface area contributed by atoms with Gasteiger partial charge in [-0.3, -0.25) is 0 Å². The predicted octanol–water partition coefficient (Wildman–Crippen LogP) is 6.94. The molecular weight excluding hydrogens is 347 g/mol. The number of allylic oxidation sites excluding steroid dienone is 2. The summed E-state index contributed by atoms with van der Waals surface area (Å²) in [5.41, 5.74) is 3.73. The van der Waals surface area contributed by atoms with Crippen LogP contribution < -0.4 is 0 Å². The minimum Gasteiger partial charge on any atom is -0.393 e. The first-order valence-corrected chi connectivity index (χ1v) is 9.85. The summed E-state index contributed by atoms with van der Waals surface area (Å²) in [7, 11) is 0. The van der Waals surface area contributed by atoms with E-state index < -0.39 is 0 Å². The molecule has 0 aliphatic rings. The molecule has 0 aromatic heterocycles. The summed E-state index contributed by atoms with van der Waals surface area (Å²) in [4.78, 5) is 0. The maximum absolute atomic E-state index is 14.2. The molecule has 3 rings (SSSR count). The third kappa shape index (κ3) is 5.17. The molecule has 0 fully saturated rings. The molecule has 0 bridgehead atoms. The number of aliphatic hydroxyl groups is 1. The smallest absolute Gasteiger partial charge is 0.127 e. The van der Waals surface area contributed by atoms with Gasteiger partial charge in [0.1, 0.15) is 5.82 Å². The van der Waals surface area contributed by atoms with Crippen LogP contribution >= 0.6 is 0 Å². The molecule has 0 aliphatic carbocycles. The maximum Gasteiger partial charge on any atom is 0.127 e. The molecular formula is C26H27FO. The Bertz CT molecular complexity index is 985. The quantitative estimate of drug-likeness (QED) is 0.334. The van der Waals surface area contributed by atoms with Gasteiger partial charge in [0.05, 0.1) is 6.10 Å². The van der Waals surface area contributed by atoms with Crippen molar-refractivity contribution < 1.29 is 9.50 Å². The van der Waals surface area contributed by atoms with E-state index in [2.05, 4.69) is 49.1 Å². The van der Waals surface area contributed by atoms with Gasteiger partial charge in [-0.25, -0.2) is 4.39 Å². The summed E-state index contributed by atoms with van der Waals surface area (Å²) in [5, 5.41) is 11.6. The fraction of sp³-hybridized carbons (Fsp3) is 0.231. The van der Waals surface area contributed by atoms with Crippen LogP contribution in [-0.4, -0.2) is 11.2 Å². The predicted molar refractivity (Wildman–Crippen MR) is 118 cm³/mol. The largest absolute Gasteiger partial charge is 0.393 e. The summed E-state index contributed by atoms with van der Waals surface area (Å²) >= 11 is 0. The van der Waals surface area contributed by atoms with Crippen LogP contribution in [0.4, 0.5) is 4.39 Å². The van der Waals surface area contributed by atoms with Crippen LogP contribution in [0, 0.1) is 5.82 Å². The molecule has 1 unspecified atom stereocenters. The second-order valence-electron chi connectivity index (χ2n) is 7.30. The molecule has 3 aromatic carbocycles. The van der Waals surface area contributed by atoms with Crippen LogP contribution in [0.1, 0.15) is 37.3 Å². The van der Waals surface area contributed by atoms with Crippen LogP contribution in [0.5, 0.6) is 0 Å². The number of unbranched alkanes of at least 4 members (excludes halogenated alkanes) is 1. The lowest BCUT2D eigenvalue weighted by molar-refractivity contribution is 0.182. The first kappa shape index (κ1) is 20.0. The molecule has 1 N–H and O–H groups in total. The molecule has 0 heterocycles. The van der Waals surface area contributed by atoms with E-state index in [1.54, 1.807) is 12.1 Å². The topological polar surface area (TPSA) is 20.2 Å². The van der Waals surface area contributed by atoms with E-state index in [4.69, 9.17) is 0 Å². The number of hydrogen-bond donors (Lipinski definition) is 1. The average Bonchev–Trinajstić information content (AvgIpc) is 2.68. The Hall–Kier alpha value is -2.71. The second-order valence-corrected chi connectivity index (χ2v) is 7.30. The monoisotopic (exact) mass is 374 g/mol. The van der Waals surface area contributed by atoms with E-state index in [0.717, 1.165) is 41.3 Å². The second kappa shape index (κ2) is 9.48. The highest BCUT2D eigenvalue weighted by molar-refractivity contribution is 5.89. The fourth-order valence-corrected chi connectivity index (χ4v) is 3.35. The Morgan fingerprint density at radius 3 is 2.46 bits per heavy atom. The zero-order chi connectivity index (χ0) is 19.9. The summed E-state index contributed by atoms with van der Waals surface area (Å²) in [5.74, 6) is -0.187. The minimum atomic E-state index is -0.227.